The topological polar surface area (TPSA) is 27.7 Å². The Kier molecular flexibility index (Phi) is 7.45. The summed E-state index contributed by atoms with van der Waals surface area (Å²) in [6, 6.07) is 0. The van der Waals surface area contributed by atoms with Crippen molar-refractivity contribution in [2.75, 3.05) is 13.2 Å². The predicted molar refractivity (Wildman–Crippen MR) is 83.6 cm³/mol. The van der Waals surface area contributed by atoms with Crippen LogP contribution in [0.25, 0.3) is 0 Å². The Morgan fingerprint density at radius 1 is 1.00 bits per heavy atom. The molecule has 0 aliphatic heterocycles. The molecule has 0 radical (unpaired) electrons. The molecule has 3 nitrogen and oxygen atoms in total. The van der Waals surface area contributed by atoms with E-state index < -0.39 is 13.9 Å². The minimum Gasteiger partial charge on any atom is -0.496 e. The lowest BCUT2D eigenvalue weighted by atomic mass is 10.0. The Bertz CT molecular complexity index is 287. The zero-order valence-corrected chi connectivity index (χ0v) is 14.5. The molecule has 0 bridgehead atoms. The molecule has 19 heavy (non-hydrogen) atoms. The van der Waals surface area contributed by atoms with Crippen molar-refractivity contribution in [3.63, 3.8) is 0 Å². The summed E-state index contributed by atoms with van der Waals surface area (Å²) in [4.78, 5) is 0. The van der Waals surface area contributed by atoms with Gasteiger partial charge in [-0.15, -0.1) is 0 Å². The van der Waals surface area contributed by atoms with Crippen LogP contribution in [0, 0.1) is 0 Å². The van der Waals surface area contributed by atoms with Gasteiger partial charge in [0.25, 0.3) is 0 Å². The first-order valence-electron chi connectivity index (χ1n) is 6.87. The molecule has 0 heterocycles. The highest BCUT2D eigenvalue weighted by atomic mass is 28.4. The lowest BCUT2D eigenvalue weighted by Gasteiger charge is -2.38. The average molecular weight is 286 g/mol. The van der Waals surface area contributed by atoms with Gasteiger partial charge in [0.05, 0.1) is 11.5 Å². The molecule has 0 aliphatic rings. The molecule has 0 amide bonds. The van der Waals surface area contributed by atoms with Crippen molar-refractivity contribution >= 4 is 8.32 Å². The Labute approximate surface area is 119 Å². The molecule has 0 saturated carbocycles. The highest BCUT2D eigenvalue weighted by Crippen LogP contribution is 2.26. The zero-order valence-electron chi connectivity index (χ0n) is 13.5. The fraction of sp³-hybridized carbons (Fsp3) is 0.733. The van der Waals surface area contributed by atoms with Crippen LogP contribution < -0.4 is 0 Å². The van der Waals surface area contributed by atoms with Crippen LogP contribution in [0.5, 0.6) is 0 Å². The van der Waals surface area contributed by atoms with E-state index in [0.29, 0.717) is 24.7 Å². The maximum absolute atomic E-state index is 6.37. The van der Waals surface area contributed by atoms with E-state index in [2.05, 4.69) is 39.7 Å². The molecule has 0 spiro atoms. The minimum atomic E-state index is -1.69. The molecule has 0 fully saturated rings. The molecule has 0 N–H and O–H groups in total. The second kappa shape index (κ2) is 7.75. The molecule has 0 rings (SSSR count). The van der Waals surface area contributed by atoms with Crippen LogP contribution in [-0.4, -0.2) is 27.1 Å². The smallest absolute Gasteiger partial charge is 0.184 e. The van der Waals surface area contributed by atoms with E-state index in [1.54, 1.807) is 0 Å². The monoisotopic (exact) mass is 286 g/mol. The Morgan fingerprint density at radius 3 is 1.68 bits per heavy atom. The van der Waals surface area contributed by atoms with Gasteiger partial charge < -0.3 is 13.9 Å². The number of ether oxygens (including phenoxy) is 2. The Morgan fingerprint density at radius 2 is 1.42 bits per heavy atom. The minimum absolute atomic E-state index is 0.406. The average Bonchev–Trinajstić information content (AvgIpc) is 2.22. The molecular weight excluding hydrogens is 256 g/mol. The van der Waals surface area contributed by atoms with Gasteiger partial charge in [0.1, 0.15) is 18.8 Å². The van der Waals surface area contributed by atoms with Gasteiger partial charge in [0.15, 0.2) is 8.32 Å². The van der Waals surface area contributed by atoms with Crippen LogP contribution in [-0.2, 0) is 13.9 Å². The molecule has 112 valence electrons. The zero-order chi connectivity index (χ0) is 15.1. The predicted octanol–water partition coefficient (Wildman–Crippen LogP) is 4.48. The number of hydrogen-bond acceptors (Lipinski definition) is 3. The molecule has 0 unspecified atom stereocenters. The van der Waals surface area contributed by atoms with E-state index in [1.807, 2.05) is 13.8 Å². The summed E-state index contributed by atoms with van der Waals surface area (Å²) in [5.74, 6) is 1.41. The van der Waals surface area contributed by atoms with Crippen molar-refractivity contribution in [1.82, 2.24) is 0 Å². The third-order valence-electron chi connectivity index (χ3n) is 2.39. The maximum Gasteiger partial charge on any atom is 0.184 e. The quantitative estimate of drug-likeness (QED) is 0.438. The largest absolute Gasteiger partial charge is 0.496 e. The third-order valence-corrected chi connectivity index (χ3v) is 3.44. The molecule has 4 heteroatoms. The summed E-state index contributed by atoms with van der Waals surface area (Å²) in [6.07, 6.45) is 1.92. The first-order chi connectivity index (χ1) is 8.60. The molecule has 0 aliphatic carbocycles. The molecule has 0 aromatic carbocycles. The van der Waals surface area contributed by atoms with E-state index in [0.717, 1.165) is 12.8 Å². The second-order valence-corrected chi connectivity index (χ2v) is 10.6. The van der Waals surface area contributed by atoms with Gasteiger partial charge in [-0.1, -0.05) is 26.5 Å². The summed E-state index contributed by atoms with van der Waals surface area (Å²) in [5, 5.41) is 0. The van der Waals surface area contributed by atoms with E-state index in [-0.39, 0.29) is 0 Å². The SMILES string of the molecule is C=C(C)OCC(CCC)(COC(=C)C)O[Si](C)(C)C. The van der Waals surface area contributed by atoms with Crippen LogP contribution >= 0.6 is 0 Å². The summed E-state index contributed by atoms with van der Waals surface area (Å²) in [7, 11) is -1.69. The van der Waals surface area contributed by atoms with Gasteiger partial charge in [-0.05, 0) is 39.9 Å². The lowest BCUT2D eigenvalue weighted by molar-refractivity contribution is -0.0623. The summed E-state index contributed by atoms with van der Waals surface area (Å²) in [5.41, 5.74) is -0.406. The van der Waals surface area contributed by atoms with Crippen molar-refractivity contribution in [3.05, 3.63) is 24.7 Å². The van der Waals surface area contributed by atoms with Gasteiger partial charge in [0, 0.05) is 0 Å². The van der Waals surface area contributed by atoms with Gasteiger partial charge in [0.2, 0.25) is 0 Å². The van der Waals surface area contributed by atoms with E-state index in [9.17, 15) is 0 Å². The van der Waals surface area contributed by atoms with Crippen LogP contribution in [0.2, 0.25) is 19.6 Å². The number of hydrogen-bond donors (Lipinski definition) is 0. The first-order valence-corrected chi connectivity index (χ1v) is 10.3. The summed E-state index contributed by atoms with van der Waals surface area (Å²) < 4.78 is 17.6. The standard InChI is InChI=1S/C15H30O3Si/c1-9-10-15(11-16-13(2)3,12-17-14(4)5)18-19(6,7)8/h2,4,9-12H2,1,3,5-8H3. The number of allylic oxidation sites excluding steroid dienone is 2. The van der Waals surface area contributed by atoms with Crippen LogP contribution in [0.15, 0.2) is 24.7 Å². The molecule has 0 saturated heterocycles. The van der Waals surface area contributed by atoms with Crippen molar-refractivity contribution < 1.29 is 13.9 Å². The second-order valence-electron chi connectivity index (χ2n) is 6.13. The highest BCUT2D eigenvalue weighted by molar-refractivity contribution is 6.69. The molecule has 0 aromatic heterocycles. The van der Waals surface area contributed by atoms with E-state index in [1.165, 1.54) is 0 Å². The van der Waals surface area contributed by atoms with E-state index in [4.69, 9.17) is 13.9 Å². The van der Waals surface area contributed by atoms with E-state index >= 15 is 0 Å². The maximum atomic E-state index is 6.37. The summed E-state index contributed by atoms with van der Waals surface area (Å²) in [6.45, 7) is 20.9. The molecular formula is C15H30O3Si. The normalized spacial score (nSPS) is 12.1. The van der Waals surface area contributed by atoms with Gasteiger partial charge in [-0.3, -0.25) is 0 Å². The fourth-order valence-electron chi connectivity index (χ4n) is 1.91. The first kappa shape index (κ1) is 18.3. The fourth-order valence-corrected chi connectivity index (χ4v) is 3.43. The van der Waals surface area contributed by atoms with Crippen LogP contribution in [0.3, 0.4) is 0 Å². The lowest BCUT2D eigenvalue weighted by Crippen LogP contribution is -2.49. The third kappa shape index (κ3) is 8.89. The van der Waals surface area contributed by atoms with Crippen molar-refractivity contribution in [2.45, 2.75) is 58.9 Å². The van der Waals surface area contributed by atoms with Gasteiger partial charge >= 0.3 is 0 Å². The molecule has 0 aromatic rings. The van der Waals surface area contributed by atoms with Crippen molar-refractivity contribution in [2.24, 2.45) is 0 Å². The van der Waals surface area contributed by atoms with Crippen LogP contribution in [0.1, 0.15) is 33.6 Å². The van der Waals surface area contributed by atoms with Crippen molar-refractivity contribution in [1.29, 1.82) is 0 Å². The van der Waals surface area contributed by atoms with Crippen molar-refractivity contribution in [3.8, 4) is 0 Å². The Balaban J connectivity index is 4.96. The summed E-state index contributed by atoms with van der Waals surface area (Å²) >= 11 is 0. The van der Waals surface area contributed by atoms with Gasteiger partial charge in [-0.2, -0.15) is 0 Å². The van der Waals surface area contributed by atoms with Gasteiger partial charge in [-0.25, -0.2) is 0 Å². The highest BCUT2D eigenvalue weighted by Gasteiger charge is 2.37. The molecule has 0 atom stereocenters. The Hall–Kier alpha value is -0.743. The van der Waals surface area contributed by atoms with Crippen LogP contribution in [0.4, 0.5) is 0 Å². The number of rotatable bonds is 10.